The molecule has 3 aromatic rings. The van der Waals surface area contributed by atoms with Gasteiger partial charge in [-0.1, -0.05) is 12.1 Å². The Hall–Kier alpha value is -3.20. The van der Waals surface area contributed by atoms with Crippen molar-refractivity contribution in [3.8, 4) is 11.4 Å². The molecule has 0 fully saturated rings. The lowest BCUT2D eigenvalue weighted by molar-refractivity contribution is -0.120. The molecule has 0 bridgehead atoms. The van der Waals surface area contributed by atoms with Crippen LogP contribution in [0.15, 0.2) is 53.7 Å². The van der Waals surface area contributed by atoms with Gasteiger partial charge in [0.05, 0.1) is 11.4 Å². The molecule has 0 aliphatic carbocycles. The summed E-state index contributed by atoms with van der Waals surface area (Å²) in [6.45, 7) is -0.0840. The number of carbonyl (C=O) groups excluding carboxylic acids is 2. The van der Waals surface area contributed by atoms with E-state index in [-0.39, 0.29) is 24.3 Å². The molecule has 4 rings (SSSR count). The summed E-state index contributed by atoms with van der Waals surface area (Å²) in [6.07, 6.45) is 3.31. The predicted molar refractivity (Wildman–Crippen MR) is 97.8 cm³/mol. The summed E-state index contributed by atoms with van der Waals surface area (Å²) in [5, 5.41) is 10.6. The molecule has 1 aliphatic rings. The number of thioether (sulfide) groups is 1. The van der Waals surface area contributed by atoms with Gasteiger partial charge in [0.15, 0.2) is 5.82 Å². The van der Waals surface area contributed by atoms with Crippen molar-refractivity contribution in [2.75, 3.05) is 22.5 Å². The molecule has 26 heavy (non-hydrogen) atoms. The maximum absolute atomic E-state index is 12.4. The normalized spacial score (nSPS) is 13.4. The van der Waals surface area contributed by atoms with E-state index in [0.717, 1.165) is 16.1 Å². The SMILES string of the molecule is O=C(CN1C(=O)CSc2ccccc21)Nc1nnc(-c2cccnc2)[nH]1. The average Bonchev–Trinajstić information content (AvgIpc) is 3.13. The monoisotopic (exact) mass is 366 g/mol. The maximum atomic E-state index is 12.4. The maximum Gasteiger partial charge on any atom is 0.246 e. The quantitative estimate of drug-likeness (QED) is 0.731. The van der Waals surface area contributed by atoms with E-state index in [1.807, 2.05) is 30.3 Å². The Labute approximate surface area is 153 Å². The highest BCUT2D eigenvalue weighted by molar-refractivity contribution is 8.00. The topological polar surface area (TPSA) is 104 Å². The Kier molecular flexibility index (Phi) is 4.36. The van der Waals surface area contributed by atoms with E-state index in [1.165, 1.54) is 16.7 Å². The summed E-state index contributed by atoms with van der Waals surface area (Å²) in [5.74, 6) is 0.592. The number of rotatable bonds is 4. The van der Waals surface area contributed by atoms with Gasteiger partial charge >= 0.3 is 0 Å². The molecule has 0 saturated carbocycles. The summed E-state index contributed by atoms with van der Waals surface area (Å²) in [6, 6.07) is 11.1. The molecule has 0 saturated heterocycles. The number of hydrogen-bond donors (Lipinski definition) is 2. The molecule has 130 valence electrons. The fourth-order valence-corrected chi connectivity index (χ4v) is 3.53. The first-order valence-corrected chi connectivity index (χ1v) is 8.84. The molecule has 1 aromatic carbocycles. The highest BCUT2D eigenvalue weighted by atomic mass is 32.2. The van der Waals surface area contributed by atoms with Gasteiger partial charge in [-0.15, -0.1) is 22.0 Å². The number of pyridine rings is 1. The van der Waals surface area contributed by atoms with Gasteiger partial charge in [-0.3, -0.25) is 19.9 Å². The van der Waals surface area contributed by atoms with Crippen LogP contribution in [0.2, 0.25) is 0 Å². The minimum atomic E-state index is -0.353. The number of hydrogen-bond acceptors (Lipinski definition) is 6. The largest absolute Gasteiger partial charge is 0.307 e. The number of para-hydroxylation sites is 1. The minimum Gasteiger partial charge on any atom is -0.307 e. The molecule has 0 radical (unpaired) electrons. The van der Waals surface area contributed by atoms with Crippen LogP contribution < -0.4 is 10.2 Å². The van der Waals surface area contributed by atoms with Gasteiger partial charge in [-0.05, 0) is 24.3 Å². The lowest BCUT2D eigenvalue weighted by atomic mass is 10.2. The summed E-state index contributed by atoms with van der Waals surface area (Å²) in [5.41, 5.74) is 1.51. The molecule has 0 spiro atoms. The number of benzene rings is 1. The van der Waals surface area contributed by atoms with Gasteiger partial charge in [0.25, 0.3) is 0 Å². The smallest absolute Gasteiger partial charge is 0.246 e. The minimum absolute atomic E-state index is 0.0840. The molecule has 2 amide bonds. The van der Waals surface area contributed by atoms with Crippen LogP contribution in [-0.2, 0) is 9.59 Å². The number of nitrogens with one attached hydrogen (secondary N) is 2. The second-order valence-electron chi connectivity index (χ2n) is 5.55. The fourth-order valence-electron chi connectivity index (χ4n) is 2.59. The van der Waals surface area contributed by atoms with Crippen LogP contribution in [0.4, 0.5) is 11.6 Å². The zero-order chi connectivity index (χ0) is 17.9. The van der Waals surface area contributed by atoms with E-state index in [9.17, 15) is 9.59 Å². The highest BCUT2D eigenvalue weighted by Gasteiger charge is 2.26. The molecule has 0 unspecified atom stereocenters. The number of aromatic nitrogens is 4. The zero-order valence-electron chi connectivity index (χ0n) is 13.5. The van der Waals surface area contributed by atoms with E-state index in [1.54, 1.807) is 18.5 Å². The van der Waals surface area contributed by atoms with Crippen LogP contribution >= 0.6 is 11.8 Å². The van der Waals surface area contributed by atoms with Gasteiger partial charge in [0, 0.05) is 22.9 Å². The summed E-state index contributed by atoms with van der Waals surface area (Å²) >= 11 is 1.48. The van der Waals surface area contributed by atoms with Crippen molar-refractivity contribution in [3.05, 3.63) is 48.8 Å². The molecule has 8 nitrogen and oxygen atoms in total. The molecule has 9 heteroatoms. The summed E-state index contributed by atoms with van der Waals surface area (Å²) < 4.78 is 0. The Morgan fingerprint density at radius 3 is 2.96 bits per heavy atom. The van der Waals surface area contributed by atoms with Crippen LogP contribution in [0.3, 0.4) is 0 Å². The summed E-state index contributed by atoms with van der Waals surface area (Å²) in [4.78, 5) is 34.0. The first kappa shape index (κ1) is 16.3. The molecule has 2 aromatic heterocycles. The second kappa shape index (κ2) is 6.96. The zero-order valence-corrected chi connectivity index (χ0v) is 14.4. The van der Waals surface area contributed by atoms with Crippen molar-refractivity contribution < 1.29 is 9.59 Å². The van der Waals surface area contributed by atoms with Crippen LogP contribution in [0.25, 0.3) is 11.4 Å². The number of amides is 2. The molecule has 0 atom stereocenters. The number of anilines is 2. The Morgan fingerprint density at radius 2 is 2.12 bits per heavy atom. The van der Waals surface area contributed by atoms with Crippen LogP contribution in [0.5, 0.6) is 0 Å². The molecule has 3 heterocycles. The van der Waals surface area contributed by atoms with Crippen molar-refractivity contribution in [2.24, 2.45) is 0 Å². The van der Waals surface area contributed by atoms with Crippen LogP contribution in [0.1, 0.15) is 0 Å². The van der Waals surface area contributed by atoms with Crippen molar-refractivity contribution in [2.45, 2.75) is 4.90 Å². The second-order valence-corrected chi connectivity index (χ2v) is 6.57. The first-order valence-electron chi connectivity index (χ1n) is 7.86. The third kappa shape index (κ3) is 3.29. The van der Waals surface area contributed by atoms with Crippen LogP contribution in [0, 0.1) is 0 Å². The number of H-pyrrole nitrogens is 1. The lowest BCUT2D eigenvalue weighted by Crippen LogP contribution is -2.41. The van der Waals surface area contributed by atoms with E-state index < -0.39 is 0 Å². The summed E-state index contributed by atoms with van der Waals surface area (Å²) in [7, 11) is 0. The molecule has 2 N–H and O–H groups in total. The van der Waals surface area contributed by atoms with Crippen molar-refractivity contribution in [1.29, 1.82) is 0 Å². The Morgan fingerprint density at radius 1 is 1.23 bits per heavy atom. The van der Waals surface area contributed by atoms with Crippen molar-refractivity contribution in [3.63, 3.8) is 0 Å². The van der Waals surface area contributed by atoms with Gasteiger partial charge in [-0.25, -0.2) is 0 Å². The Bertz CT molecular complexity index is 959. The predicted octanol–water partition coefficient (Wildman–Crippen LogP) is 1.94. The number of carbonyl (C=O) groups is 2. The van der Waals surface area contributed by atoms with Gasteiger partial charge in [0.1, 0.15) is 6.54 Å². The van der Waals surface area contributed by atoms with E-state index in [0.29, 0.717) is 11.6 Å². The van der Waals surface area contributed by atoms with E-state index in [4.69, 9.17) is 0 Å². The molecular formula is C17H14N6O2S. The number of nitrogens with zero attached hydrogens (tertiary/aromatic N) is 4. The fraction of sp³-hybridized carbons (Fsp3) is 0.118. The third-order valence-electron chi connectivity index (χ3n) is 3.79. The Balaban J connectivity index is 1.47. The van der Waals surface area contributed by atoms with Crippen molar-refractivity contribution in [1.82, 2.24) is 20.2 Å². The van der Waals surface area contributed by atoms with E-state index >= 15 is 0 Å². The first-order chi connectivity index (χ1) is 12.7. The molecular weight excluding hydrogens is 352 g/mol. The van der Waals surface area contributed by atoms with Crippen LogP contribution in [-0.4, -0.2) is 44.3 Å². The number of fused-ring (bicyclic) bond motifs is 1. The standard InChI is InChI=1S/C17H14N6O2S/c24-14(9-23-12-5-1-2-6-13(12)26-10-15(23)25)19-17-20-16(21-22-17)11-4-3-7-18-8-11/h1-8H,9-10H2,(H2,19,20,21,22,24). The third-order valence-corrected chi connectivity index (χ3v) is 4.84. The number of aromatic amines is 1. The lowest BCUT2D eigenvalue weighted by Gasteiger charge is -2.28. The van der Waals surface area contributed by atoms with Crippen molar-refractivity contribution >= 4 is 35.2 Å². The highest BCUT2D eigenvalue weighted by Crippen LogP contribution is 2.34. The van der Waals surface area contributed by atoms with Gasteiger partial charge < -0.3 is 9.88 Å². The average molecular weight is 366 g/mol. The van der Waals surface area contributed by atoms with E-state index in [2.05, 4.69) is 25.5 Å². The van der Waals surface area contributed by atoms with Gasteiger partial charge in [-0.2, -0.15) is 0 Å². The van der Waals surface area contributed by atoms with Gasteiger partial charge in [0.2, 0.25) is 17.8 Å². The molecule has 1 aliphatic heterocycles.